The number of fused-ring (bicyclic) bond motifs is 2. The molecule has 2 heterocycles. The summed E-state index contributed by atoms with van der Waals surface area (Å²) in [5, 5.41) is 8.11. The quantitative estimate of drug-likeness (QED) is 0.765. The maximum Gasteiger partial charge on any atom is 0.277 e. The molecule has 10 heteroatoms. The smallest absolute Gasteiger partial charge is 0.277 e. The second-order valence-electron chi connectivity index (χ2n) is 6.61. The largest absolute Gasteiger partial charge is 0.494 e. The summed E-state index contributed by atoms with van der Waals surface area (Å²) in [6.07, 6.45) is 0.422. The Morgan fingerprint density at radius 1 is 1.10 bits per heavy atom. The predicted octanol–water partition coefficient (Wildman–Crippen LogP) is 2.30. The number of amides is 4. The van der Waals surface area contributed by atoms with E-state index in [2.05, 4.69) is 10.4 Å². The Kier molecular flexibility index (Phi) is 6.16. The van der Waals surface area contributed by atoms with Crippen LogP contribution in [0.15, 0.2) is 23.3 Å². The van der Waals surface area contributed by atoms with Crippen LogP contribution in [0.25, 0.3) is 0 Å². The molecule has 0 aliphatic carbocycles. The summed E-state index contributed by atoms with van der Waals surface area (Å²) >= 11 is 0.950. The van der Waals surface area contributed by atoms with Crippen LogP contribution in [-0.4, -0.2) is 40.4 Å². The minimum absolute atomic E-state index is 0.0936. The number of imide groups is 1. The van der Waals surface area contributed by atoms with Crippen molar-refractivity contribution >= 4 is 46.2 Å². The highest BCUT2D eigenvalue weighted by molar-refractivity contribution is 8.15. The molecule has 0 saturated carbocycles. The van der Waals surface area contributed by atoms with Crippen molar-refractivity contribution in [1.82, 2.24) is 10.3 Å². The SMILES string of the molecule is CCOc1ccc2c(c1)C1(SC(NC(=O)CC)=NN1C(=O)CC)C(=O)N2C(=O)CC. The number of nitrogens with zero attached hydrogens (tertiary/aromatic N) is 3. The van der Waals surface area contributed by atoms with Gasteiger partial charge in [0, 0.05) is 24.8 Å². The van der Waals surface area contributed by atoms with Crippen LogP contribution < -0.4 is 15.0 Å². The number of hydrogen-bond donors (Lipinski definition) is 1. The first-order valence-corrected chi connectivity index (χ1v) is 10.7. The van der Waals surface area contributed by atoms with Crippen LogP contribution in [-0.2, 0) is 24.0 Å². The van der Waals surface area contributed by atoms with Crippen molar-refractivity contribution in [1.29, 1.82) is 0 Å². The van der Waals surface area contributed by atoms with Gasteiger partial charge in [-0.05, 0) is 36.9 Å². The van der Waals surface area contributed by atoms with E-state index in [0.717, 1.165) is 21.7 Å². The molecule has 30 heavy (non-hydrogen) atoms. The van der Waals surface area contributed by atoms with E-state index in [4.69, 9.17) is 4.74 Å². The van der Waals surface area contributed by atoms with Gasteiger partial charge in [0.25, 0.3) is 5.91 Å². The van der Waals surface area contributed by atoms with E-state index in [9.17, 15) is 19.2 Å². The fourth-order valence-corrected chi connectivity index (χ4v) is 4.58. The molecule has 2 aliphatic heterocycles. The Bertz CT molecular complexity index is 947. The van der Waals surface area contributed by atoms with E-state index in [0.29, 0.717) is 23.6 Å². The van der Waals surface area contributed by atoms with E-state index in [1.807, 2.05) is 6.92 Å². The van der Waals surface area contributed by atoms with Crippen molar-refractivity contribution in [3.8, 4) is 5.75 Å². The highest BCUT2D eigenvalue weighted by Gasteiger charge is 2.62. The Labute approximate surface area is 178 Å². The second-order valence-corrected chi connectivity index (χ2v) is 7.79. The third-order valence-electron chi connectivity index (χ3n) is 4.77. The highest BCUT2D eigenvalue weighted by atomic mass is 32.2. The number of carbonyl (C=O) groups excluding carboxylic acids is 4. The Morgan fingerprint density at radius 3 is 2.40 bits per heavy atom. The molecule has 4 amide bonds. The summed E-state index contributed by atoms with van der Waals surface area (Å²) in [4.78, 5) is 50.5. The number of amidine groups is 1. The molecule has 1 aromatic rings. The molecule has 1 aromatic carbocycles. The van der Waals surface area contributed by atoms with E-state index < -0.39 is 22.6 Å². The van der Waals surface area contributed by atoms with Crippen LogP contribution in [0, 0.1) is 0 Å². The van der Waals surface area contributed by atoms with Gasteiger partial charge in [0.05, 0.1) is 12.3 Å². The predicted molar refractivity (Wildman–Crippen MR) is 113 cm³/mol. The average molecular weight is 433 g/mol. The monoisotopic (exact) mass is 432 g/mol. The third kappa shape index (κ3) is 3.34. The maximum atomic E-state index is 13.7. The number of benzene rings is 1. The summed E-state index contributed by atoms with van der Waals surface area (Å²) in [6, 6.07) is 4.97. The molecular formula is C20H24N4O5S. The molecule has 1 spiro atoms. The molecular weight excluding hydrogens is 408 g/mol. The van der Waals surface area contributed by atoms with Crippen molar-refractivity contribution in [2.75, 3.05) is 11.5 Å². The van der Waals surface area contributed by atoms with Crippen molar-refractivity contribution in [2.45, 2.75) is 51.8 Å². The molecule has 2 aliphatic rings. The van der Waals surface area contributed by atoms with Crippen LogP contribution in [0.5, 0.6) is 5.75 Å². The van der Waals surface area contributed by atoms with Gasteiger partial charge < -0.3 is 10.1 Å². The lowest BCUT2D eigenvalue weighted by Gasteiger charge is -2.29. The van der Waals surface area contributed by atoms with E-state index >= 15 is 0 Å². The number of hydrogen-bond acceptors (Lipinski definition) is 7. The van der Waals surface area contributed by atoms with Gasteiger partial charge in [0.2, 0.25) is 22.6 Å². The van der Waals surface area contributed by atoms with Gasteiger partial charge >= 0.3 is 0 Å². The second kappa shape index (κ2) is 8.47. The van der Waals surface area contributed by atoms with Crippen molar-refractivity contribution in [3.05, 3.63) is 23.8 Å². The lowest BCUT2D eigenvalue weighted by atomic mass is 10.1. The van der Waals surface area contributed by atoms with Crippen molar-refractivity contribution in [3.63, 3.8) is 0 Å². The minimum Gasteiger partial charge on any atom is -0.494 e. The molecule has 0 radical (unpaired) electrons. The van der Waals surface area contributed by atoms with Gasteiger partial charge in [0.1, 0.15) is 5.75 Å². The van der Waals surface area contributed by atoms with E-state index in [1.165, 1.54) is 0 Å². The number of hydrazone groups is 1. The summed E-state index contributed by atoms with van der Waals surface area (Å²) in [7, 11) is 0. The average Bonchev–Trinajstić information content (AvgIpc) is 3.24. The number of thioether (sulfide) groups is 1. The van der Waals surface area contributed by atoms with Gasteiger partial charge in [0.15, 0.2) is 5.17 Å². The Morgan fingerprint density at radius 2 is 1.80 bits per heavy atom. The fourth-order valence-electron chi connectivity index (χ4n) is 3.33. The number of ether oxygens (including phenoxy) is 1. The summed E-state index contributed by atoms with van der Waals surface area (Å²) in [6.45, 7) is 7.25. The lowest BCUT2D eigenvalue weighted by molar-refractivity contribution is -0.141. The fraction of sp³-hybridized carbons (Fsp3) is 0.450. The highest BCUT2D eigenvalue weighted by Crippen LogP contribution is 2.55. The Hall–Kier alpha value is -2.88. The first-order valence-electron chi connectivity index (χ1n) is 9.89. The number of anilines is 1. The molecule has 0 bridgehead atoms. The van der Waals surface area contributed by atoms with Crippen LogP contribution in [0.3, 0.4) is 0 Å². The van der Waals surface area contributed by atoms with Crippen molar-refractivity contribution in [2.24, 2.45) is 5.10 Å². The van der Waals surface area contributed by atoms with Crippen molar-refractivity contribution < 1.29 is 23.9 Å². The van der Waals surface area contributed by atoms with Crippen LogP contribution in [0.4, 0.5) is 5.69 Å². The molecule has 1 atom stereocenters. The van der Waals surface area contributed by atoms with E-state index in [1.54, 1.807) is 39.0 Å². The van der Waals surface area contributed by atoms with Crippen LogP contribution in [0.2, 0.25) is 0 Å². The minimum atomic E-state index is -1.61. The van der Waals surface area contributed by atoms with E-state index in [-0.39, 0.29) is 30.3 Å². The number of carbonyl (C=O) groups is 4. The van der Waals surface area contributed by atoms with Crippen LogP contribution in [0.1, 0.15) is 52.5 Å². The molecule has 1 N–H and O–H groups in total. The van der Waals surface area contributed by atoms with Gasteiger partial charge in [-0.25, -0.2) is 4.90 Å². The number of nitrogens with one attached hydrogen (secondary N) is 1. The van der Waals surface area contributed by atoms with Gasteiger partial charge in [-0.3, -0.25) is 19.2 Å². The summed E-state index contributed by atoms with van der Waals surface area (Å²) < 4.78 is 5.59. The zero-order valence-electron chi connectivity index (χ0n) is 17.4. The van der Waals surface area contributed by atoms with Gasteiger partial charge in [-0.15, -0.1) is 5.10 Å². The standard InChI is InChI=1S/C20H24N4O5S/c1-5-15(25)21-19-22-24(17(27)7-3)20(30-19)13-11-12(29-8-4)9-10-14(13)23(18(20)28)16(26)6-2/h9-11H,5-8H2,1-4H3,(H,21,22,25). The molecule has 1 unspecified atom stereocenters. The first kappa shape index (κ1) is 21.8. The van der Waals surface area contributed by atoms with Gasteiger partial charge in [-0.1, -0.05) is 20.8 Å². The maximum absolute atomic E-state index is 13.7. The molecule has 3 rings (SSSR count). The van der Waals surface area contributed by atoms with Gasteiger partial charge in [-0.2, -0.15) is 5.01 Å². The topological polar surface area (TPSA) is 108 Å². The summed E-state index contributed by atoms with van der Waals surface area (Å²) in [5.74, 6) is -1.18. The zero-order chi connectivity index (χ0) is 22.1. The first-order chi connectivity index (χ1) is 14.3. The zero-order valence-corrected chi connectivity index (χ0v) is 18.2. The summed E-state index contributed by atoms with van der Waals surface area (Å²) in [5.41, 5.74) is 0.812. The molecule has 0 fully saturated rings. The lowest BCUT2D eigenvalue weighted by Crippen LogP contribution is -2.50. The van der Waals surface area contributed by atoms with Crippen LogP contribution >= 0.6 is 11.8 Å². The molecule has 9 nitrogen and oxygen atoms in total. The normalized spacial score (nSPS) is 19.7. The Balaban J connectivity index is 2.19. The molecule has 0 saturated heterocycles. The molecule has 0 aromatic heterocycles. The molecule has 160 valence electrons. The third-order valence-corrected chi connectivity index (χ3v) is 6.01. The number of rotatable bonds is 5.